The Balaban J connectivity index is 1.52. The molecule has 4 rings (SSSR count). The molecule has 1 unspecified atom stereocenters. The number of sulfone groups is 1. The highest BCUT2D eigenvalue weighted by Crippen LogP contribution is 2.38. The van der Waals surface area contributed by atoms with E-state index in [1.54, 1.807) is 43.3 Å². The van der Waals surface area contributed by atoms with Crippen molar-refractivity contribution in [1.82, 2.24) is 5.32 Å². The number of amides is 1. The highest BCUT2D eigenvalue weighted by Gasteiger charge is 2.38. The Morgan fingerprint density at radius 3 is 2.21 bits per heavy atom. The number of alkyl halides is 3. The Hall–Kier alpha value is -3.66. The van der Waals surface area contributed by atoms with Gasteiger partial charge >= 0.3 is 6.18 Å². The number of para-hydroxylation sites is 1. The Morgan fingerprint density at radius 1 is 0.974 bits per heavy atom. The van der Waals surface area contributed by atoms with Gasteiger partial charge in [0, 0.05) is 19.0 Å². The standard InChI is InChI=1S/C29H29F3N2O4S/c1-3-39(37,38)24-14-8-20(9-15-24)17-33-28(36)25-6-4-5-7-26(25)34-18-22(16-27(34)19(2)35)21-10-12-23(13-11-21)29(30,31)32/h4-15,22,27H,3,16-18H2,1-2H3,(H,33,36)/t22?,27-/m0/s1. The first-order chi connectivity index (χ1) is 18.4. The van der Waals surface area contributed by atoms with Gasteiger partial charge in [-0.3, -0.25) is 9.59 Å². The average Bonchev–Trinajstić information content (AvgIpc) is 3.37. The van der Waals surface area contributed by atoms with E-state index in [1.807, 2.05) is 4.90 Å². The fourth-order valence-corrected chi connectivity index (χ4v) is 5.73. The molecule has 1 saturated heterocycles. The summed E-state index contributed by atoms with van der Waals surface area (Å²) in [4.78, 5) is 27.8. The molecule has 1 heterocycles. The molecule has 0 saturated carbocycles. The van der Waals surface area contributed by atoms with Crippen LogP contribution in [0.3, 0.4) is 0 Å². The lowest BCUT2D eigenvalue weighted by molar-refractivity contribution is -0.137. The predicted octanol–water partition coefficient (Wildman–Crippen LogP) is 5.38. The van der Waals surface area contributed by atoms with E-state index in [9.17, 15) is 31.2 Å². The number of nitrogens with one attached hydrogen (secondary N) is 1. The third-order valence-electron chi connectivity index (χ3n) is 7.05. The molecule has 0 radical (unpaired) electrons. The van der Waals surface area contributed by atoms with E-state index < -0.39 is 27.6 Å². The van der Waals surface area contributed by atoms with Crippen LogP contribution in [0, 0.1) is 0 Å². The molecule has 6 nitrogen and oxygen atoms in total. The van der Waals surface area contributed by atoms with Gasteiger partial charge in [0.15, 0.2) is 15.6 Å². The molecule has 3 aromatic rings. The third-order valence-corrected chi connectivity index (χ3v) is 8.80. The molecular weight excluding hydrogens is 529 g/mol. The monoisotopic (exact) mass is 558 g/mol. The molecule has 3 aromatic carbocycles. The van der Waals surface area contributed by atoms with Crippen LogP contribution in [-0.2, 0) is 27.4 Å². The molecule has 39 heavy (non-hydrogen) atoms. The highest BCUT2D eigenvalue weighted by molar-refractivity contribution is 7.91. The number of rotatable bonds is 8. The maximum absolute atomic E-state index is 13.2. The molecule has 1 fully saturated rings. The average molecular weight is 559 g/mol. The largest absolute Gasteiger partial charge is 0.416 e. The smallest absolute Gasteiger partial charge is 0.360 e. The van der Waals surface area contributed by atoms with E-state index in [4.69, 9.17) is 0 Å². The SMILES string of the molecule is CCS(=O)(=O)c1ccc(CNC(=O)c2ccccc2N2CC(c3ccc(C(F)(F)F)cc3)C[C@H]2C(C)=O)cc1. The van der Waals surface area contributed by atoms with Gasteiger partial charge in [-0.05, 0) is 60.9 Å². The van der Waals surface area contributed by atoms with Crippen molar-refractivity contribution in [2.24, 2.45) is 0 Å². The number of Topliss-reactive ketones (excluding diaryl/α,β-unsaturated/α-hetero) is 1. The normalized spacial score (nSPS) is 17.7. The summed E-state index contributed by atoms with van der Waals surface area (Å²) in [6.45, 7) is 3.58. The van der Waals surface area contributed by atoms with Crippen molar-refractivity contribution in [2.75, 3.05) is 17.2 Å². The number of halogens is 3. The zero-order valence-corrected chi connectivity index (χ0v) is 22.4. The minimum Gasteiger partial charge on any atom is -0.360 e. The Kier molecular flexibility index (Phi) is 8.15. The quantitative estimate of drug-likeness (QED) is 0.401. The first-order valence-electron chi connectivity index (χ1n) is 12.5. The minimum absolute atomic E-state index is 0.00263. The van der Waals surface area contributed by atoms with Crippen LogP contribution >= 0.6 is 0 Å². The molecule has 0 aromatic heterocycles. The number of ketones is 1. The fourth-order valence-electron chi connectivity index (χ4n) is 4.85. The maximum atomic E-state index is 13.2. The van der Waals surface area contributed by atoms with Gasteiger partial charge in [0.05, 0.1) is 33.5 Å². The molecule has 206 valence electrons. The number of nitrogens with zero attached hydrogens (tertiary/aromatic N) is 1. The van der Waals surface area contributed by atoms with Gasteiger partial charge in [-0.15, -0.1) is 0 Å². The molecule has 0 aliphatic carbocycles. The summed E-state index contributed by atoms with van der Waals surface area (Å²) in [7, 11) is -3.32. The Bertz CT molecular complexity index is 1450. The van der Waals surface area contributed by atoms with Crippen molar-refractivity contribution in [3.05, 3.63) is 95.1 Å². The van der Waals surface area contributed by atoms with Crippen LogP contribution in [0.1, 0.15) is 53.2 Å². The number of anilines is 1. The summed E-state index contributed by atoms with van der Waals surface area (Å²) in [5.41, 5.74) is 1.62. The number of benzene rings is 3. The van der Waals surface area contributed by atoms with Crippen LogP contribution in [0.15, 0.2) is 77.7 Å². The van der Waals surface area contributed by atoms with Crippen LogP contribution < -0.4 is 10.2 Å². The van der Waals surface area contributed by atoms with Gasteiger partial charge in [0.2, 0.25) is 0 Å². The van der Waals surface area contributed by atoms with E-state index in [0.717, 1.165) is 17.7 Å². The summed E-state index contributed by atoms with van der Waals surface area (Å²) in [6, 6.07) is 17.7. The molecule has 1 aliphatic heterocycles. The molecule has 0 bridgehead atoms. The van der Waals surface area contributed by atoms with Crippen LogP contribution in [0.25, 0.3) is 0 Å². The van der Waals surface area contributed by atoms with Crippen molar-refractivity contribution in [2.45, 2.75) is 49.8 Å². The van der Waals surface area contributed by atoms with Crippen LogP contribution in [0.2, 0.25) is 0 Å². The van der Waals surface area contributed by atoms with Crippen molar-refractivity contribution in [3.63, 3.8) is 0 Å². The van der Waals surface area contributed by atoms with Gasteiger partial charge in [-0.25, -0.2) is 8.42 Å². The minimum atomic E-state index is -4.43. The second-order valence-electron chi connectivity index (χ2n) is 9.58. The molecular formula is C29H29F3N2O4S. The second kappa shape index (κ2) is 11.2. The van der Waals surface area contributed by atoms with Gasteiger partial charge < -0.3 is 10.2 Å². The lowest BCUT2D eigenvalue weighted by atomic mass is 9.94. The van der Waals surface area contributed by atoms with Gasteiger partial charge in [0.1, 0.15) is 0 Å². The third kappa shape index (κ3) is 6.33. The summed E-state index contributed by atoms with van der Waals surface area (Å²) < 4.78 is 63.1. The molecule has 2 atom stereocenters. The van der Waals surface area contributed by atoms with Crippen molar-refractivity contribution >= 4 is 27.2 Å². The highest BCUT2D eigenvalue weighted by atomic mass is 32.2. The molecule has 1 aliphatic rings. The molecule has 0 spiro atoms. The Morgan fingerprint density at radius 2 is 1.62 bits per heavy atom. The summed E-state index contributed by atoms with van der Waals surface area (Å²) >= 11 is 0. The molecule has 1 N–H and O–H groups in total. The second-order valence-corrected chi connectivity index (χ2v) is 11.9. The molecule has 10 heteroatoms. The lowest BCUT2D eigenvalue weighted by Gasteiger charge is -2.27. The first kappa shape index (κ1) is 28.4. The van der Waals surface area contributed by atoms with Crippen molar-refractivity contribution < 1.29 is 31.2 Å². The molecule has 1 amide bonds. The van der Waals surface area contributed by atoms with E-state index in [0.29, 0.717) is 29.8 Å². The van der Waals surface area contributed by atoms with Crippen molar-refractivity contribution in [1.29, 1.82) is 0 Å². The number of hydrogen-bond donors (Lipinski definition) is 1. The van der Waals surface area contributed by atoms with Crippen LogP contribution in [0.4, 0.5) is 18.9 Å². The van der Waals surface area contributed by atoms with Crippen LogP contribution in [0.5, 0.6) is 0 Å². The fraction of sp³-hybridized carbons (Fsp3) is 0.310. The van der Waals surface area contributed by atoms with E-state index in [1.165, 1.54) is 31.2 Å². The number of hydrogen-bond acceptors (Lipinski definition) is 5. The predicted molar refractivity (Wildman–Crippen MR) is 142 cm³/mol. The van der Waals surface area contributed by atoms with E-state index in [2.05, 4.69) is 5.32 Å². The number of carbonyl (C=O) groups excluding carboxylic acids is 2. The summed E-state index contributed by atoms with van der Waals surface area (Å²) in [5.74, 6) is -0.648. The topological polar surface area (TPSA) is 83.6 Å². The van der Waals surface area contributed by atoms with Gasteiger partial charge in [-0.2, -0.15) is 13.2 Å². The van der Waals surface area contributed by atoms with Gasteiger partial charge in [0.25, 0.3) is 5.91 Å². The van der Waals surface area contributed by atoms with E-state index in [-0.39, 0.29) is 34.8 Å². The first-order valence-corrected chi connectivity index (χ1v) is 14.2. The zero-order chi connectivity index (χ0) is 28.4. The zero-order valence-electron chi connectivity index (χ0n) is 21.5. The van der Waals surface area contributed by atoms with E-state index >= 15 is 0 Å². The van der Waals surface area contributed by atoms with Crippen LogP contribution in [-0.4, -0.2) is 38.4 Å². The lowest BCUT2D eigenvalue weighted by Crippen LogP contribution is -2.36. The summed E-state index contributed by atoms with van der Waals surface area (Å²) in [6.07, 6.45) is -4.01. The Labute approximate surface area is 225 Å². The van der Waals surface area contributed by atoms with Gasteiger partial charge in [-0.1, -0.05) is 43.3 Å². The van der Waals surface area contributed by atoms with Crippen molar-refractivity contribution in [3.8, 4) is 0 Å². The maximum Gasteiger partial charge on any atom is 0.416 e. The summed E-state index contributed by atoms with van der Waals surface area (Å²) in [5, 5.41) is 2.85. The number of carbonyl (C=O) groups is 2.